The zero-order chi connectivity index (χ0) is 24.7. The fraction of sp³-hybridized carbons (Fsp3) is 0.900. The van der Waals surface area contributed by atoms with Crippen molar-refractivity contribution in [2.45, 2.75) is 107 Å². The van der Waals surface area contributed by atoms with Gasteiger partial charge in [-0.25, -0.2) is 4.79 Å². The first kappa shape index (κ1) is 22.8. The van der Waals surface area contributed by atoms with Crippen LogP contribution in [0.1, 0.15) is 71.1 Å². The Kier molecular flexibility index (Phi) is 4.55. The lowest BCUT2D eigenvalue weighted by molar-refractivity contribution is -0.370. The molecule has 3 spiro atoms. The molecule has 11 fully saturated rings. The molecule has 7 heteroatoms. The predicted molar refractivity (Wildman–Crippen MR) is 130 cm³/mol. The molecule has 0 aromatic rings. The number of hydrogen-bond donors (Lipinski definition) is 0. The van der Waals surface area contributed by atoms with Gasteiger partial charge in [0, 0.05) is 29.2 Å². The molecule has 202 valence electrons. The minimum atomic E-state index is -1.16. The minimum Gasteiger partial charge on any atom is -0.450 e. The van der Waals surface area contributed by atoms with E-state index >= 15 is 0 Å². The number of hydrogen-bond acceptors (Lipinski definition) is 7. The van der Waals surface area contributed by atoms with E-state index < -0.39 is 35.5 Å². The normalized spacial score (nSPS) is 60.1. The Morgan fingerprint density at radius 3 is 1.84 bits per heavy atom. The molecule has 0 radical (unpaired) electrons. The molecule has 1 unspecified atom stereocenters. The molecule has 0 aromatic heterocycles. The summed E-state index contributed by atoms with van der Waals surface area (Å²) >= 11 is 0. The zero-order valence-corrected chi connectivity index (χ0v) is 21.9. The van der Waals surface area contributed by atoms with Crippen LogP contribution in [0.3, 0.4) is 0 Å². The molecule has 0 amide bonds. The summed E-state index contributed by atoms with van der Waals surface area (Å²) in [6, 6.07) is 0. The van der Waals surface area contributed by atoms with Crippen LogP contribution < -0.4 is 0 Å². The smallest absolute Gasteiger partial charge is 0.333 e. The van der Waals surface area contributed by atoms with Crippen LogP contribution in [-0.4, -0.2) is 54.9 Å². The number of carbonyl (C=O) groups excluding carboxylic acids is 1. The fourth-order valence-electron chi connectivity index (χ4n) is 11.2. The molecule has 37 heavy (non-hydrogen) atoms. The summed E-state index contributed by atoms with van der Waals surface area (Å²) in [7, 11) is 0. The van der Waals surface area contributed by atoms with Crippen LogP contribution in [0.2, 0.25) is 0 Å². The lowest BCUT2D eigenvalue weighted by Gasteiger charge is -2.59. The number of carbonyl (C=O) groups is 1. The van der Waals surface area contributed by atoms with Gasteiger partial charge in [0.2, 0.25) is 5.79 Å². The van der Waals surface area contributed by atoms with Crippen molar-refractivity contribution in [3.63, 3.8) is 0 Å². The highest BCUT2D eigenvalue weighted by Crippen LogP contribution is 2.66. The maximum Gasteiger partial charge on any atom is 0.333 e. The van der Waals surface area contributed by atoms with Gasteiger partial charge in [0.05, 0.1) is 6.61 Å². The highest BCUT2D eigenvalue weighted by atomic mass is 16.9. The summed E-state index contributed by atoms with van der Waals surface area (Å²) in [5.74, 6) is 2.02. The number of esters is 1. The van der Waals surface area contributed by atoms with Gasteiger partial charge in [-0.15, -0.1) is 0 Å². The third-order valence-electron chi connectivity index (χ3n) is 12.2. The van der Waals surface area contributed by atoms with Crippen LogP contribution >= 0.6 is 0 Å². The van der Waals surface area contributed by atoms with E-state index in [0.29, 0.717) is 35.9 Å². The minimum absolute atomic E-state index is 0.264. The summed E-state index contributed by atoms with van der Waals surface area (Å²) in [5, 5.41) is 0. The number of rotatable bonds is 2. The van der Waals surface area contributed by atoms with Crippen LogP contribution in [0, 0.1) is 47.3 Å². The van der Waals surface area contributed by atoms with Crippen molar-refractivity contribution in [2.24, 2.45) is 47.3 Å². The molecular formula is C30H40O7. The molecule has 11 rings (SSSR count). The third kappa shape index (κ3) is 2.93. The highest BCUT2D eigenvalue weighted by molar-refractivity contribution is 5.87. The Morgan fingerprint density at radius 1 is 0.757 bits per heavy atom. The predicted octanol–water partition coefficient (Wildman–Crippen LogP) is 4.34. The Labute approximate surface area is 218 Å². The van der Waals surface area contributed by atoms with Gasteiger partial charge in [-0.05, 0) is 94.8 Å². The van der Waals surface area contributed by atoms with Gasteiger partial charge in [-0.2, -0.15) is 0 Å². The Hall–Kier alpha value is -0.990. The Bertz CT molecular complexity index is 945. The van der Waals surface area contributed by atoms with Crippen molar-refractivity contribution >= 4 is 5.97 Å². The van der Waals surface area contributed by atoms with E-state index in [9.17, 15) is 4.79 Å². The standard InChI is InChI=1S/C30H40O7/c1-15(2)27(31)34-26-25-24(35-30(36-25)22-9-18-4-19(11-22)12-23(30)10-18)13-32-28(26)14-33-29(37-28)20-5-16-3-17(7-20)8-21(29)6-16/h16-26H,1,3-14H2,2H3/t16?,17?,18?,19?,20?,21?,22?,23?,24-,25-,26?,28+,29?,30?/m1/s1. The van der Waals surface area contributed by atoms with Crippen molar-refractivity contribution in [3.05, 3.63) is 12.2 Å². The molecule has 4 atom stereocenters. The number of ether oxygens (including phenoxy) is 6. The van der Waals surface area contributed by atoms with Crippen LogP contribution in [0.4, 0.5) is 0 Å². The quantitative estimate of drug-likeness (QED) is 0.403. The van der Waals surface area contributed by atoms with Crippen LogP contribution in [-0.2, 0) is 33.2 Å². The van der Waals surface area contributed by atoms with E-state index in [0.717, 1.165) is 23.7 Å². The summed E-state index contributed by atoms with van der Waals surface area (Å²) in [6.07, 6.45) is 10.7. The summed E-state index contributed by atoms with van der Waals surface area (Å²) in [6.45, 7) is 6.17. The molecule has 7 nitrogen and oxygen atoms in total. The van der Waals surface area contributed by atoms with Crippen molar-refractivity contribution in [2.75, 3.05) is 13.2 Å². The van der Waals surface area contributed by atoms with E-state index in [-0.39, 0.29) is 12.7 Å². The first-order valence-electron chi connectivity index (χ1n) is 15.1. The monoisotopic (exact) mass is 512 g/mol. The first-order valence-corrected chi connectivity index (χ1v) is 15.1. The lowest BCUT2D eigenvalue weighted by Crippen LogP contribution is -2.65. The maximum absolute atomic E-state index is 13.0. The van der Waals surface area contributed by atoms with E-state index in [2.05, 4.69) is 6.58 Å². The van der Waals surface area contributed by atoms with E-state index in [4.69, 9.17) is 28.4 Å². The molecule has 8 bridgehead atoms. The second-order valence-electron chi connectivity index (χ2n) is 14.4. The van der Waals surface area contributed by atoms with Crippen molar-refractivity contribution in [3.8, 4) is 0 Å². The zero-order valence-electron chi connectivity index (χ0n) is 21.9. The van der Waals surface area contributed by atoms with Crippen LogP contribution in [0.5, 0.6) is 0 Å². The molecule has 3 aliphatic heterocycles. The second kappa shape index (κ2) is 7.39. The van der Waals surface area contributed by atoms with Gasteiger partial charge in [0.25, 0.3) is 0 Å². The first-order chi connectivity index (χ1) is 17.9. The Balaban J connectivity index is 1.06. The van der Waals surface area contributed by atoms with E-state index in [1.54, 1.807) is 6.92 Å². The van der Waals surface area contributed by atoms with Gasteiger partial charge < -0.3 is 28.4 Å². The van der Waals surface area contributed by atoms with Gasteiger partial charge in [0.1, 0.15) is 18.8 Å². The molecule has 11 aliphatic rings. The maximum atomic E-state index is 13.0. The van der Waals surface area contributed by atoms with Gasteiger partial charge in [-0.3, -0.25) is 0 Å². The van der Waals surface area contributed by atoms with Gasteiger partial charge >= 0.3 is 5.97 Å². The molecule has 8 saturated carbocycles. The number of fused-ring (bicyclic) bond motifs is 1. The van der Waals surface area contributed by atoms with Crippen molar-refractivity contribution in [1.29, 1.82) is 0 Å². The second-order valence-corrected chi connectivity index (χ2v) is 14.4. The van der Waals surface area contributed by atoms with Gasteiger partial charge in [-0.1, -0.05) is 6.58 Å². The van der Waals surface area contributed by atoms with Crippen LogP contribution in [0.25, 0.3) is 0 Å². The summed E-state index contributed by atoms with van der Waals surface area (Å²) in [4.78, 5) is 13.0. The van der Waals surface area contributed by atoms with E-state index in [1.165, 1.54) is 64.2 Å². The molecular weight excluding hydrogens is 472 g/mol. The molecule has 8 aliphatic carbocycles. The van der Waals surface area contributed by atoms with Crippen molar-refractivity contribution < 1.29 is 33.2 Å². The Morgan fingerprint density at radius 2 is 1.30 bits per heavy atom. The molecule has 3 heterocycles. The SMILES string of the molecule is C=C(C)C(=O)OC1[C@@H]2OC3(O[C@@H]2CO[C@]12COC1(O2)C2CC4CC(C2)CC1C4)C1CC2CC(C1)CC3C2. The fourth-order valence-corrected chi connectivity index (χ4v) is 11.2. The lowest BCUT2D eigenvalue weighted by atomic mass is 9.53. The van der Waals surface area contributed by atoms with Crippen molar-refractivity contribution in [1.82, 2.24) is 0 Å². The highest BCUT2D eigenvalue weighted by Gasteiger charge is 2.73. The largest absolute Gasteiger partial charge is 0.450 e. The van der Waals surface area contributed by atoms with Gasteiger partial charge in [0.15, 0.2) is 17.7 Å². The molecule has 0 aromatic carbocycles. The summed E-state index contributed by atoms with van der Waals surface area (Å²) < 4.78 is 40.5. The molecule has 3 saturated heterocycles. The average molecular weight is 513 g/mol. The topological polar surface area (TPSA) is 72.5 Å². The van der Waals surface area contributed by atoms with Crippen LogP contribution in [0.15, 0.2) is 12.2 Å². The summed E-state index contributed by atoms with van der Waals surface area (Å²) in [5.41, 5.74) is 0.365. The van der Waals surface area contributed by atoms with E-state index in [1.807, 2.05) is 0 Å². The molecule has 0 N–H and O–H groups in total. The third-order valence-corrected chi connectivity index (χ3v) is 12.2. The average Bonchev–Trinajstić information content (AvgIpc) is 3.44.